The molecule has 3 rings (SSSR count). The van der Waals surface area contributed by atoms with Crippen molar-refractivity contribution >= 4 is 40.6 Å². The van der Waals surface area contributed by atoms with Crippen LogP contribution in [0, 0.1) is 0 Å². The van der Waals surface area contributed by atoms with E-state index < -0.39 is 17.1 Å². The number of anilines is 1. The molecule has 1 aliphatic heterocycles. The highest BCUT2D eigenvalue weighted by Gasteiger charge is 2.36. The Morgan fingerprint density at radius 2 is 1.76 bits per heavy atom. The van der Waals surface area contributed by atoms with Crippen LogP contribution in [0.1, 0.15) is 5.56 Å². The van der Waals surface area contributed by atoms with Gasteiger partial charge in [0.15, 0.2) is 0 Å². The maximum atomic E-state index is 12.4. The molecule has 1 aliphatic rings. The van der Waals surface area contributed by atoms with Gasteiger partial charge >= 0.3 is 0 Å². The molecular formula is C18H14N2O4S. The van der Waals surface area contributed by atoms with Gasteiger partial charge in [-0.2, -0.15) is 0 Å². The van der Waals surface area contributed by atoms with Crippen molar-refractivity contribution in [3.8, 4) is 5.75 Å². The van der Waals surface area contributed by atoms with Gasteiger partial charge in [-0.05, 0) is 47.7 Å². The fourth-order valence-corrected chi connectivity index (χ4v) is 3.06. The van der Waals surface area contributed by atoms with E-state index >= 15 is 0 Å². The number of hydrogen-bond donors (Lipinski definition) is 2. The molecule has 0 aromatic heterocycles. The monoisotopic (exact) mass is 354 g/mol. The van der Waals surface area contributed by atoms with Crippen molar-refractivity contribution in [2.45, 2.75) is 0 Å². The van der Waals surface area contributed by atoms with E-state index in [2.05, 4.69) is 5.32 Å². The van der Waals surface area contributed by atoms with Gasteiger partial charge in [0, 0.05) is 5.69 Å². The number of nitrogens with zero attached hydrogens (tertiary/aromatic N) is 1. The third-order valence-corrected chi connectivity index (χ3v) is 4.33. The summed E-state index contributed by atoms with van der Waals surface area (Å²) in [5.41, 5.74) is 1.27. The number of carbonyl (C=O) groups is 3. The number of hydrogen-bond acceptors (Lipinski definition) is 5. The third-order valence-electron chi connectivity index (χ3n) is 3.42. The number of rotatable bonds is 4. The molecule has 0 saturated carbocycles. The SMILES string of the molecule is O=C(CN1C(=O)S/C(=C/c2ccccc2)C1=O)Nc1ccc(O)cc1. The molecule has 3 amide bonds. The van der Waals surface area contributed by atoms with Gasteiger partial charge in [-0.15, -0.1) is 0 Å². The Kier molecular flexibility index (Phi) is 4.85. The molecule has 1 fully saturated rings. The van der Waals surface area contributed by atoms with Gasteiger partial charge in [-0.3, -0.25) is 19.3 Å². The predicted molar refractivity (Wildman–Crippen MR) is 95.9 cm³/mol. The van der Waals surface area contributed by atoms with Crippen LogP contribution in [0.5, 0.6) is 5.75 Å². The highest BCUT2D eigenvalue weighted by atomic mass is 32.2. The largest absolute Gasteiger partial charge is 0.508 e. The van der Waals surface area contributed by atoms with E-state index in [0.29, 0.717) is 5.69 Å². The second-order valence-electron chi connectivity index (χ2n) is 5.27. The number of benzene rings is 2. The van der Waals surface area contributed by atoms with E-state index in [-0.39, 0.29) is 17.2 Å². The number of aromatic hydroxyl groups is 1. The van der Waals surface area contributed by atoms with Crippen LogP contribution in [-0.2, 0) is 9.59 Å². The van der Waals surface area contributed by atoms with E-state index in [1.165, 1.54) is 24.3 Å². The molecular weight excluding hydrogens is 340 g/mol. The lowest BCUT2D eigenvalue weighted by atomic mass is 10.2. The van der Waals surface area contributed by atoms with Crippen LogP contribution in [0.15, 0.2) is 59.5 Å². The van der Waals surface area contributed by atoms with Crippen LogP contribution in [0.4, 0.5) is 10.5 Å². The summed E-state index contributed by atoms with van der Waals surface area (Å²) in [7, 11) is 0. The second-order valence-corrected chi connectivity index (χ2v) is 6.27. The number of thioether (sulfide) groups is 1. The Balaban J connectivity index is 1.67. The molecule has 6 nitrogen and oxygen atoms in total. The first-order valence-electron chi connectivity index (χ1n) is 7.42. The fraction of sp³-hybridized carbons (Fsp3) is 0.0556. The highest BCUT2D eigenvalue weighted by molar-refractivity contribution is 8.18. The zero-order chi connectivity index (χ0) is 17.8. The van der Waals surface area contributed by atoms with E-state index in [1.807, 2.05) is 30.3 Å². The van der Waals surface area contributed by atoms with Gasteiger partial charge in [0.1, 0.15) is 12.3 Å². The van der Waals surface area contributed by atoms with Crippen LogP contribution in [0.3, 0.4) is 0 Å². The number of imide groups is 1. The molecule has 2 aromatic carbocycles. The van der Waals surface area contributed by atoms with Gasteiger partial charge < -0.3 is 10.4 Å². The number of carbonyl (C=O) groups excluding carboxylic acids is 3. The maximum Gasteiger partial charge on any atom is 0.294 e. The Morgan fingerprint density at radius 1 is 1.08 bits per heavy atom. The highest BCUT2D eigenvalue weighted by Crippen LogP contribution is 2.32. The van der Waals surface area contributed by atoms with E-state index in [1.54, 1.807) is 6.08 Å². The van der Waals surface area contributed by atoms with Gasteiger partial charge in [-0.1, -0.05) is 30.3 Å². The minimum absolute atomic E-state index is 0.0787. The zero-order valence-electron chi connectivity index (χ0n) is 13.0. The average molecular weight is 354 g/mol. The number of amides is 3. The summed E-state index contributed by atoms with van der Waals surface area (Å²) in [4.78, 5) is 37.6. The average Bonchev–Trinajstić information content (AvgIpc) is 2.85. The zero-order valence-corrected chi connectivity index (χ0v) is 13.8. The Labute approximate surface area is 148 Å². The summed E-state index contributed by atoms with van der Waals surface area (Å²) in [5, 5.41) is 11.3. The molecule has 0 aliphatic carbocycles. The molecule has 126 valence electrons. The molecule has 2 aromatic rings. The summed E-state index contributed by atoms with van der Waals surface area (Å²) >= 11 is 0.812. The smallest absolute Gasteiger partial charge is 0.294 e. The van der Waals surface area contributed by atoms with Crippen LogP contribution in [-0.4, -0.2) is 33.6 Å². The van der Waals surface area contributed by atoms with Gasteiger partial charge in [-0.25, -0.2) is 0 Å². The normalized spacial score (nSPS) is 15.7. The second kappa shape index (κ2) is 7.23. The van der Waals surface area contributed by atoms with Crippen molar-refractivity contribution < 1.29 is 19.5 Å². The minimum Gasteiger partial charge on any atom is -0.508 e. The topological polar surface area (TPSA) is 86.7 Å². The number of phenols is 1. The van der Waals surface area contributed by atoms with Crippen LogP contribution < -0.4 is 5.32 Å². The van der Waals surface area contributed by atoms with E-state index in [9.17, 15) is 19.5 Å². The van der Waals surface area contributed by atoms with Gasteiger partial charge in [0.05, 0.1) is 4.91 Å². The van der Waals surface area contributed by atoms with E-state index in [4.69, 9.17) is 0 Å². The van der Waals surface area contributed by atoms with Gasteiger partial charge in [0.25, 0.3) is 11.1 Å². The first-order valence-corrected chi connectivity index (χ1v) is 8.24. The minimum atomic E-state index is -0.492. The summed E-state index contributed by atoms with van der Waals surface area (Å²) in [6.07, 6.45) is 1.63. The predicted octanol–water partition coefficient (Wildman–Crippen LogP) is 3.07. The molecule has 0 bridgehead atoms. The molecule has 7 heteroatoms. The van der Waals surface area contributed by atoms with E-state index in [0.717, 1.165) is 22.2 Å². The molecule has 0 radical (unpaired) electrons. The molecule has 0 unspecified atom stereocenters. The van der Waals surface area contributed by atoms with Crippen molar-refractivity contribution in [1.82, 2.24) is 4.90 Å². The van der Waals surface area contributed by atoms with Crippen LogP contribution in [0.2, 0.25) is 0 Å². The Morgan fingerprint density at radius 3 is 2.44 bits per heavy atom. The molecule has 1 heterocycles. The number of phenolic OH excluding ortho intramolecular Hbond substituents is 1. The molecule has 0 atom stereocenters. The first kappa shape index (κ1) is 16.8. The summed E-state index contributed by atoms with van der Waals surface area (Å²) in [6.45, 7) is -0.363. The quantitative estimate of drug-likeness (QED) is 0.651. The lowest BCUT2D eigenvalue weighted by Gasteiger charge is -2.12. The molecule has 25 heavy (non-hydrogen) atoms. The van der Waals surface area contributed by atoms with Crippen molar-refractivity contribution in [3.05, 3.63) is 65.1 Å². The van der Waals surface area contributed by atoms with Crippen molar-refractivity contribution in [3.63, 3.8) is 0 Å². The maximum absolute atomic E-state index is 12.4. The standard InChI is InChI=1S/C18H14N2O4S/c21-14-8-6-13(7-9-14)19-16(22)11-20-17(23)15(25-18(20)24)10-12-4-2-1-3-5-12/h1-10,21H,11H2,(H,19,22)/b15-10+. The fourth-order valence-electron chi connectivity index (χ4n) is 2.23. The van der Waals surface area contributed by atoms with Crippen molar-refractivity contribution in [2.75, 3.05) is 11.9 Å². The van der Waals surface area contributed by atoms with Crippen molar-refractivity contribution in [1.29, 1.82) is 0 Å². The van der Waals surface area contributed by atoms with Crippen LogP contribution >= 0.6 is 11.8 Å². The first-order chi connectivity index (χ1) is 12.0. The Bertz CT molecular complexity index is 847. The lowest BCUT2D eigenvalue weighted by molar-refractivity contribution is -0.127. The third kappa shape index (κ3) is 4.07. The van der Waals surface area contributed by atoms with Crippen molar-refractivity contribution in [2.24, 2.45) is 0 Å². The number of nitrogens with one attached hydrogen (secondary N) is 1. The Hall–Kier alpha value is -3.06. The van der Waals surface area contributed by atoms with Crippen LogP contribution in [0.25, 0.3) is 6.08 Å². The molecule has 1 saturated heterocycles. The molecule has 2 N–H and O–H groups in total. The lowest BCUT2D eigenvalue weighted by Crippen LogP contribution is -2.36. The van der Waals surface area contributed by atoms with Gasteiger partial charge in [0.2, 0.25) is 5.91 Å². The summed E-state index contributed by atoms with van der Waals surface area (Å²) in [5.74, 6) is -0.899. The molecule has 0 spiro atoms. The summed E-state index contributed by atoms with van der Waals surface area (Å²) in [6, 6.07) is 15.1. The summed E-state index contributed by atoms with van der Waals surface area (Å²) < 4.78 is 0.